The highest BCUT2D eigenvalue weighted by Crippen LogP contribution is 2.19. The number of nitrogens with one attached hydrogen (secondary N) is 1. The maximum atomic E-state index is 11.7. The molecule has 1 aromatic heterocycles. The van der Waals surface area contributed by atoms with Crippen molar-refractivity contribution in [3.63, 3.8) is 0 Å². The highest BCUT2D eigenvalue weighted by atomic mass is 35.5. The molecule has 1 saturated heterocycles. The summed E-state index contributed by atoms with van der Waals surface area (Å²) in [5.74, 6) is -0.192. The Hall–Kier alpha value is -1.14. The molecule has 1 fully saturated rings. The van der Waals surface area contributed by atoms with Gasteiger partial charge in [-0.15, -0.1) is 0 Å². The first-order valence-electron chi connectivity index (χ1n) is 5.60. The molecule has 2 rings (SSSR count). The van der Waals surface area contributed by atoms with Gasteiger partial charge in [-0.3, -0.25) is 9.78 Å². The van der Waals surface area contributed by atoms with E-state index in [-0.39, 0.29) is 18.0 Å². The molecular weight excluding hydrogens is 276 g/mol. The number of nitrogens with zero attached hydrogens (tertiary/aromatic N) is 1. The van der Waals surface area contributed by atoms with E-state index < -0.39 is 21.0 Å². The van der Waals surface area contributed by atoms with Gasteiger partial charge >= 0.3 is 0 Å². The molecule has 0 unspecified atom stereocenters. The molecule has 0 saturated carbocycles. The fourth-order valence-electron chi connectivity index (χ4n) is 1.91. The van der Waals surface area contributed by atoms with Crippen LogP contribution < -0.4 is 5.32 Å². The van der Waals surface area contributed by atoms with Crippen LogP contribution in [0.1, 0.15) is 23.3 Å². The Bertz CT molecular complexity index is 559. The molecule has 7 heteroatoms. The van der Waals surface area contributed by atoms with Crippen LogP contribution in [0.3, 0.4) is 0 Å². The van der Waals surface area contributed by atoms with Crippen LogP contribution in [0.4, 0.5) is 0 Å². The van der Waals surface area contributed by atoms with E-state index in [0.29, 0.717) is 17.9 Å². The van der Waals surface area contributed by atoms with Gasteiger partial charge in [0.15, 0.2) is 9.84 Å². The summed E-state index contributed by atoms with van der Waals surface area (Å²) in [6.45, 7) is 0.134. The molecule has 1 amide bonds. The van der Waals surface area contributed by atoms with E-state index in [1.54, 1.807) is 6.07 Å². The zero-order valence-electron chi connectivity index (χ0n) is 9.60. The second kappa shape index (κ2) is 5.24. The van der Waals surface area contributed by atoms with E-state index in [0.717, 1.165) is 0 Å². The van der Waals surface area contributed by atoms with Crippen LogP contribution >= 0.6 is 11.6 Å². The zero-order valence-corrected chi connectivity index (χ0v) is 11.2. The van der Waals surface area contributed by atoms with E-state index >= 15 is 0 Å². The van der Waals surface area contributed by atoms with Gasteiger partial charge in [0.25, 0.3) is 5.91 Å². The number of hydrogen-bond acceptors (Lipinski definition) is 4. The van der Waals surface area contributed by atoms with Crippen molar-refractivity contribution in [3.05, 3.63) is 29.0 Å². The van der Waals surface area contributed by atoms with Crippen molar-refractivity contribution in [1.82, 2.24) is 10.3 Å². The predicted molar refractivity (Wildman–Crippen MR) is 68.4 cm³/mol. The van der Waals surface area contributed by atoms with E-state index in [4.69, 9.17) is 11.6 Å². The fraction of sp³-hybridized carbons (Fsp3) is 0.455. The third-order valence-corrected chi connectivity index (χ3v) is 5.42. The van der Waals surface area contributed by atoms with Gasteiger partial charge in [-0.25, -0.2) is 8.42 Å². The molecule has 1 aliphatic rings. The SMILES string of the molecule is O=C(NC[C@@H]1CCCS1(=O)=O)c1cc(Cl)ccn1. The summed E-state index contributed by atoms with van der Waals surface area (Å²) < 4.78 is 23.2. The lowest BCUT2D eigenvalue weighted by Crippen LogP contribution is -2.34. The Balaban J connectivity index is 1.97. The molecule has 0 aliphatic carbocycles. The highest BCUT2D eigenvalue weighted by Gasteiger charge is 2.31. The molecule has 0 radical (unpaired) electrons. The second-order valence-corrected chi connectivity index (χ2v) is 7.04. The van der Waals surface area contributed by atoms with E-state index in [2.05, 4.69) is 10.3 Å². The summed E-state index contributed by atoms with van der Waals surface area (Å²) in [5, 5.41) is 2.53. The minimum atomic E-state index is -3.03. The molecular formula is C11H13ClN2O3S. The standard InChI is InChI=1S/C11H13ClN2O3S/c12-8-3-4-13-10(6-8)11(15)14-7-9-2-1-5-18(9,16)17/h3-4,6,9H,1-2,5,7H2,(H,14,15)/t9-/m0/s1. The van der Waals surface area contributed by atoms with Gasteiger partial charge in [-0.05, 0) is 25.0 Å². The lowest BCUT2D eigenvalue weighted by atomic mass is 10.2. The average Bonchev–Trinajstić information content (AvgIpc) is 2.65. The molecule has 1 aliphatic heterocycles. The third-order valence-electron chi connectivity index (χ3n) is 2.91. The highest BCUT2D eigenvalue weighted by molar-refractivity contribution is 7.92. The van der Waals surface area contributed by atoms with Gasteiger partial charge in [-0.2, -0.15) is 0 Å². The van der Waals surface area contributed by atoms with Gasteiger partial charge in [0.05, 0.1) is 11.0 Å². The van der Waals surface area contributed by atoms with E-state index in [9.17, 15) is 13.2 Å². The van der Waals surface area contributed by atoms with Gasteiger partial charge in [0.2, 0.25) is 0 Å². The Morgan fingerprint density at radius 3 is 2.94 bits per heavy atom. The van der Waals surface area contributed by atoms with Gasteiger partial charge in [0, 0.05) is 17.8 Å². The van der Waals surface area contributed by atoms with Gasteiger partial charge in [-0.1, -0.05) is 11.6 Å². The minimum Gasteiger partial charge on any atom is -0.349 e. The van der Waals surface area contributed by atoms with Crippen LogP contribution in [0, 0.1) is 0 Å². The number of sulfone groups is 1. The molecule has 1 atom stereocenters. The molecule has 98 valence electrons. The summed E-state index contributed by atoms with van der Waals surface area (Å²) in [7, 11) is -3.03. The predicted octanol–water partition coefficient (Wildman–Crippen LogP) is 1.04. The number of aromatic nitrogens is 1. The topological polar surface area (TPSA) is 76.1 Å². The maximum Gasteiger partial charge on any atom is 0.269 e. The summed E-state index contributed by atoms with van der Waals surface area (Å²) in [6, 6.07) is 3.01. The quantitative estimate of drug-likeness (QED) is 0.902. The number of carbonyl (C=O) groups is 1. The summed E-state index contributed by atoms with van der Waals surface area (Å²) in [4.78, 5) is 15.6. The first kappa shape index (κ1) is 13.3. The van der Waals surface area contributed by atoms with Crippen molar-refractivity contribution in [3.8, 4) is 0 Å². The number of hydrogen-bond donors (Lipinski definition) is 1. The van der Waals surface area contributed by atoms with Crippen LogP contribution in [0.25, 0.3) is 0 Å². The minimum absolute atomic E-state index is 0.134. The number of carbonyl (C=O) groups excluding carboxylic acids is 1. The van der Waals surface area contributed by atoms with Gasteiger partial charge < -0.3 is 5.32 Å². The maximum absolute atomic E-state index is 11.7. The van der Waals surface area contributed by atoms with Crippen LogP contribution in [0.5, 0.6) is 0 Å². The summed E-state index contributed by atoms with van der Waals surface area (Å²) in [5.41, 5.74) is 0.192. The Labute approximate surface area is 110 Å². The second-order valence-electron chi connectivity index (χ2n) is 4.20. The number of rotatable bonds is 3. The first-order chi connectivity index (χ1) is 8.49. The largest absolute Gasteiger partial charge is 0.349 e. The molecule has 18 heavy (non-hydrogen) atoms. The van der Waals surface area contributed by atoms with Crippen LogP contribution in [0.2, 0.25) is 5.02 Å². The smallest absolute Gasteiger partial charge is 0.269 e. The number of pyridine rings is 1. The van der Waals surface area contributed by atoms with Crippen molar-refractivity contribution < 1.29 is 13.2 Å². The summed E-state index contributed by atoms with van der Waals surface area (Å²) in [6.07, 6.45) is 2.70. The molecule has 5 nitrogen and oxygen atoms in total. The third kappa shape index (κ3) is 3.00. The van der Waals surface area contributed by atoms with Crippen LogP contribution in [0.15, 0.2) is 18.3 Å². The van der Waals surface area contributed by atoms with Crippen molar-refractivity contribution in [1.29, 1.82) is 0 Å². The van der Waals surface area contributed by atoms with Crippen LogP contribution in [-0.2, 0) is 9.84 Å². The van der Waals surface area contributed by atoms with Crippen molar-refractivity contribution >= 4 is 27.3 Å². The fourth-order valence-corrected chi connectivity index (χ4v) is 3.84. The van der Waals surface area contributed by atoms with Crippen LogP contribution in [-0.4, -0.2) is 36.9 Å². The average molecular weight is 289 g/mol. The van der Waals surface area contributed by atoms with Crippen molar-refractivity contribution in [2.24, 2.45) is 0 Å². The lowest BCUT2D eigenvalue weighted by molar-refractivity contribution is 0.0948. The Kier molecular flexibility index (Phi) is 3.87. The van der Waals surface area contributed by atoms with E-state index in [1.165, 1.54) is 12.3 Å². The summed E-state index contributed by atoms with van der Waals surface area (Å²) >= 11 is 5.75. The molecule has 0 aromatic carbocycles. The van der Waals surface area contributed by atoms with Crippen molar-refractivity contribution in [2.45, 2.75) is 18.1 Å². The number of halogens is 1. The molecule has 0 spiro atoms. The monoisotopic (exact) mass is 288 g/mol. The number of amides is 1. The molecule has 1 N–H and O–H groups in total. The van der Waals surface area contributed by atoms with Crippen molar-refractivity contribution in [2.75, 3.05) is 12.3 Å². The molecule has 2 heterocycles. The Morgan fingerprint density at radius 1 is 1.56 bits per heavy atom. The molecule has 0 bridgehead atoms. The van der Waals surface area contributed by atoms with Gasteiger partial charge in [0.1, 0.15) is 5.69 Å². The normalized spacial score (nSPS) is 21.7. The Morgan fingerprint density at radius 2 is 2.33 bits per heavy atom. The molecule has 1 aromatic rings. The lowest BCUT2D eigenvalue weighted by Gasteiger charge is -2.10. The zero-order chi connectivity index (χ0) is 13.2. The first-order valence-corrected chi connectivity index (χ1v) is 7.70. The van der Waals surface area contributed by atoms with E-state index in [1.807, 2.05) is 0 Å².